The molecule has 0 aliphatic rings. The second kappa shape index (κ2) is 5.81. The lowest BCUT2D eigenvalue weighted by Crippen LogP contribution is -2.16. The van der Waals surface area contributed by atoms with Gasteiger partial charge >= 0.3 is 0 Å². The van der Waals surface area contributed by atoms with Crippen LogP contribution in [0, 0.1) is 4.77 Å². The molecule has 0 bridgehead atoms. The number of aromatic amines is 1. The van der Waals surface area contributed by atoms with Gasteiger partial charge in [0.25, 0.3) is 0 Å². The lowest BCUT2D eigenvalue weighted by molar-refractivity contribution is 0.245. The van der Waals surface area contributed by atoms with Crippen molar-refractivity contribution in [3.8, 4) is 5.75 Å². The van der Waals surface area contributed by atoms with Gasteiger partial charge in [0.15, 0.2) is 4.77 Å². The molecule has 0 spiro atoms. The van der Waals surface area contributed by atoms with E-state index in [1.807, 2.05) is 43.5 Å². The molecule has 0 aliphatic heterocycles. The Bertz CT molecular complexity index is 803. The van der Waals surface area contributed by atoms with Gasteiger partial charge in [-0.15, -0.1) is 0 Å². The Morgan fingerprint density at radius 3 is 2.57 bits per heavy atom. The minimum atomic E-state index is -3.08. The maximum absolute atomic E-state index is 11.5. The minimum absolute atomic E-state index is 0.0452. The Labute approximate surface area is 129 Å². The molecule has 5 nitrogen and oxygen atoms in total. The van der Waals surface area contributed by atoms with E-state index < -0.39 is 9.84 Å². The van der Waals surface area contributed by atoms with Crippen LogP contribution < -0.4 is 4.74 Å². The average molecular weight is 328 g/mol. The molecule has 0 amide bonds. The number of aromatic nitrogens is 2. The number of imidazole rings is 1. The van der Waals surface area contributed by atoms with Crippen LogP contribution in [0.25, 0.3) is 11.0 Å². The predicted molar refractivity (Wildman–Crippen MR) is 87.3 cm³/mol. The number of fused-ring (bicyclic) bond motifs is 1. The van der Waals surface area contributed by atoms with Gasteiger partial charge in [0, 0.05) is 12.3 Å². The molecule has 0 saturated carbocycles. The smallest absolute Gasteiger partial charge is 0.178 e. The normalized spacial score (nSPS) is 13.8. The van der Waals surface area contributed by atoms with Crippen molar-refractivity contribution in [1.82, 2.24) is 9.55 Å². The Morgan fingerprint density at radius 2 is 2.00 bits per heavy atom. The lowest BCUT2D eigenvalue weighted by Gasteiger charge is -2.14. The molecule has 1 aromatic carbocycles. The van der Waals surface area contributed by atoms with Gasteiger partial charge in [-0.1, -0.05) is 6.07 Å². The average Bonchev–Trinajstić information content (AvgIpc) is 2.63. The fourth-order valence-electron chi connectivity index (χ4n) is 2.42. The third-order valence-electron chi connectivity index (χ3n) is 3.06. The number of rotatable bonds is 5. The topological polar surface area (TPSA) is 64.1 Å². The Balaban J connectivity index is 2.56. The summed E-state index contributed by atoms with van der Waals surface area (Å²) in [4.78, 5) is 3.13. The number of hydrogen-bond donors (Lipinski definition) is 1. The van der Waals surface area contributed by atoms with Crippen molar-refractivity contribution in [1.29, 1.82) is 0 Å². The molecule has 1 heterocycles. The molecule has 116 valence electrons. The van der Waals surface area contributed by atoms with Gasteiger partial charge < -0.3 is 14.3 Å². The highest BCUT2D eigenvalue weighted by Gasteiger charge is 2.17. The van der Waals surface area contributed by atoms with Gasteiger partial charge in [-0.05, 0) is 45.1 Å². The van der Waals surface area contributed by atoms with E-state index in [2.05, 4.69) is 4.98 Å². The maximum Gasteiger partial charge on any atom is 0.178 e. The molecule has 7 heteroatoms. The molecule has 0 fully saturated rings. The fourth-order valence-corrected chi connectivity index (χ4v) is 3.83. The number of nitrogens with zero attached hydrogens (tertiary/aromatic N) is 1. The zero-order valence-corrected chi connectivity index (χ0v) is 14.2. The van der Waals surface area contributed by atoms with E-state index in [4.69, 9.17) is 17.0 Å². The van der Waals surface area contributed by atoms with Gasteiger partial charge in [-0.25, -0.2) is 8.42 Å². The molecule has 1 aromatic heterocycles. The summed E-state index contributed by atoms with van der Waals surface area (Å²) in [5, 5.41) is 0. The minimum Gasteiger partial charge on any atom is -0.489 e. The first kappa shape index (κ1) is 16.0. The van der Waals surface area contributed by atoms with Gasteiger partial charge in [-0.2, -0.15) is 0 Å². The van der Waals surface area contributed by atoms with E-state index in [9.17, 15) is 8.42 Å². The first-order valence-electron chi connectivity index (χ1n) is 6.76. The largest absolute Gasteiger partial charge is 0.489 e. The molecule has 1 unspecified atom stereocenters. The summed E-state index contributed by atoms with van der Waals surface area (Å²) in [5.41, 5.74) is 1.66. The van der Waals surface area contributed by atoms with Crippen LogP contribution in [0.5, 0.6) is 5.75 Å². The highest BCUT2D eigenvalue weighted by molar-refractivity contribution is 7.90. The SMILES string of the molecule is CC(C)Oc1cccc2c1[nH]c(=S)n2C(C)CS(C)(=O)=O. The third kappa shape index (κ3) is 3.65. The zero-order chi connectivity index (χ0) is 15.8. The van der Waals surface area contributed by atoms with Crippen molar-refractivity contribution < 1.29 is 13.2 Å². The predicted octanol–water partition coefficient (Wildman–Crippen LogP) is 3.09. The molecule has 2 rings (SSSR count). The fraction of sp³-hybridized carbons (Fsp3) is 0.500. The van der Waals surface area contributed by atoms with E-state index in [-0.39, 0.29) is 17.9 Å². The first-order valence-corrected chi connectivity index (χ1v) is 9.23. The lowest BCUT2D eigenvalue weighted by atomic mass is 10.2. The van der Waals surface area contributed by atoms with Crippen LogP contribution in [-0.2, 0) is 9.84 Å². The monoisotopic (exact) mass is 328 g/mol. The summed E-state index contributed by atoms with van der Waals surface area (Å²) >= 11 is 5.35. The molecule has 1 atom stereocenters. The number of para-hydroxylation sites is 1. The Hall–Kier alpha value is -1.34. The molecular weight excluding hydrogens is 308 g/mol. The van der Waals surface area contributed by atoms with Crippen LogP contribution in [-0.4, -0.2) is 36.1 Å². The first-order chi connectivity index (χ1) is 9.69. The summed E-state index contributed by atoms with van der Waals surface area (Å²) in [6.07, 6.45) is 1.28. The molecule has 0 radical (unpaired) electrons. The van der Waals surface area contributed by atoms with Crippen molar-refractivity contribution >= 4 is 33.1 Å². The molecule has 1 N–H and O–H groups in total. The molecular formula is C14H20N2O3S2. The van der Waals surface area contributed by atoms with Crippen LogP contribution in [0.4, 0.5) is 0 Å². The van der Waals surface area contributed by atoms with Crippen LogP contribution in [0.15, 0.2) is 18.2 Å². The zero-order valence-electron chi connectivity index (χ0n) is 12.6. The van der Waals surface area contributed by atoms with Crippen LogP contribution >= 0.6 is 12.2 Å². The number of ether oxygens (including phenoxy) is 1. The van der Waals surface area contributed by atoms with Crippen molar-refractivity contribution in [3.05, 3.63) is 23.0 Å². The van der Waals surface area contributed by atoms with Crippen molar-refractivity contribution in [2.75, 3.05) is 12.0 Å². The van der Waals surface area contributed by atoms with Crippen LogP contribution in [0.2, 0.25) is 0 Å². The van der Waals surface area contributed by atoms with Gasteiger partial charge in [0.2, 0.25) is 0 Å². The maximum atomic E-state index is 11.5. The second-order valence-electron chi connectivity index (χ2n) is 5.56. The summed E-state index contributed by atoms with van der Waals surface area (Å²) in [6.45, 7) is 5.76. The van der Waals surface area contributed by atoms with Crippen molar-refractivity contribution in [2.45, 2.75) is 32.9 Å². The second-order valence-corrected chi connectivity index (χ2v) is 8.13. The van der Waals surface area contributed by atoms with E-state index in [0.717, 1.165) is 16.8 Å². The van der Waals surface area contributed by atoms with Gasteiger partial charge in [0.1, 0.15) is 21.1 Å². The van der Waals surface area contributed by atoms with Gasteiger partial charge in [0.05, 0.1) is 17.4 Å². The highest BCUT2D eigenvalue weighted by Crippen LogP contribution is 2.28. The third-order valence-corrected chi connectivity index (χ3v) is 4.45. The number of nitrogens with one attached hydrogen (secondary N) is 1. The summed E-state index contributed by atoms with van der Waals surface area (Å²) in [6, 6.07) is 5.43. The van der Waals surface area contributed by atoms with Crippen LogP contribution in [0.1, 0.15) is 26.8 Å². The van der Waals surface area contributed by atoms with E-state index in [1.54, 1.807) is 0 Å². The van der Waals surface area contributed by atoms with Crippen molar-refractivity contribution in [3.63, 3.8) is 0 Å². The van der Waals surface area contributed by atoms with E-state index >= 15 is 0 Å². The van der Waals surface area contributed by atoms with Crippen LogP contribution in [0.3, 0.4) is 0 Å². The molecule has 0 aliphatic carbocycles. The summed E-state index contributed by atoms with van der Waals surface area (Å²) < 4.78 is 31.1. The van der Waals surface area contributed by atoms with E-state index in [1.165, 1.54) is 6.26 Å². The standard InChI is InChI=1S/C14H20N2O3S2/c1-9(2)19-12-7-5-6-11-13(12)15-14(20)16(11)10(3)8-21(4,17)18/h5-7,9-10H,8H2,1-4H3,(H,15,20). The number of benzene rings is 1. The molecule has 21 heavy (non-hydrogen) atoms. The van der Waals surface area contributed by atoms with Gasteiger partial charge in [-0.3, -0.25) is 0 Å². The number of sulfone groups is 1. The number of hydrogen-bond acceptors (Lipinski definition) is 4. The van der Waals surface area contributed by atoms with Crippen molar-refractivity contribution in [2.24, 2.45) is 0 Å². The molecule has 0 saturated heterocycles. The Kier molecular flexibility index (Phi) is 4.43. The number of H-pyrrole nitrogens is 1. The summed E-state index contributed by atoms with van der Waals surface area (Å²) in [5.74, 6) is 0.766. The quantitative estimate of drug-likeness (QED) is 0.857. The Morgan fingerprint density at radius 1 is 1.33 bits per heavy atom. The van der Waals surface area contributed by atoms with E-state index in [0.29, 0.717) is 4.77 Å². The summed E-state index contributed by atoms with van der Waals surface area (Å²) in [7, 11) is -3.08. The highest BCUT2D eigenvalue weighted by atomic mass is 32.2. The molecule has 2 aromatic rings.